The fourth-order valence-corrected chi connectivity index (χ4v) is 3.02. The number of benzene rings is 1. The minimum atomic E-state index is -0.406. The van der Waals surface area contributed by atoms with Gasteiger partial charge in [0.05, 0.1) is 6.07 Å². The van der Waals surface area contributed by atoms with Crippen molar-refractivity contribution in [2.45, 2.75) is 64.5 Å². The molecule has 114 valence electrons. The number of aryl methyl sites for hydroxylation is 1. The smallest absolute Gasteiger partial charge is 0.122 e. The zero-order valence-corrected chi connectivity index (χ0v) is 13.4. The second kappa shape index (κ2) is 6.95. The second-order valence-electron chi connectivity index (χ2n) is 6.15. The Morgan fingerprint density at radius 2 is 2.24 bits per heavy atom. The van der Waals surface area contributed by atoms with Gasteiger partial charge in [-0.1, -0.05) is 19.1 Å². The fourth-order valence-electron chi connectivity index (χ4n) is 3.02. The lowest BCUT2D eigenvalue weighted by Crippen LogP contribution is -2.50. The van der Waals surface area contributed by atoms with Crippen molar-refractivity contribution in [2.24, 2.45) is 0 Å². The van der Waals surface area contributed by atoms with Crippen molar-refractivity contribution < 1.29 is 4.74 Å². The third kappa shape index (κ3) is 3.77. The van der Waals surface area contributed by atoms with Crippen LogP contribution in [0.3, 0.4) is 0 Å². The molecule has 1 aliphatic rings. The van der Waals surface area contributed by atoms with Crippen LogP contribution in [0.25, 0.3) is 0 Å². The number of nitriles is 1. The monoisotopic (exact) mass is 286 g/mol. The summed E-state index contributed by atoms with van der Waals surface area (Å²) in [6, 6.07) is 8.67. The van der Waals surface area contributed by atoms with E-state index in [4.69, 9.17) is 4.74 Å². The average Bonchev–Trinajstić information content (AvgIpc) is 2.50. The van der Waals surface area contributed by atoms with Crippen molar-refractivity contribution in [3.05, 3.63) is 29.3 Å². The second-order valence-corrected chi connectivity index (χ2v) is 6.15. The quantitative estimate of drug-likeness (QED) is 0.893. The number of hydrogen-bond donors (Lipinski definition) is 1. The van der Waals surface area contributed by atoms with Crippen LogP contribution >= 0.6 is 0 Å². The zero-order valence-electron chi connectivity index (χ0n) is 13.4. The fraction of sp³-hybridized carbons (Fsp3) is 0.611. The first-order valence-electron chi connectivity index (χ1n) is 7.99. The van der Waals surface area contributed by atoms with Crippen molar-refractivity contribution in [3.8, 4) is 11.8 Å². The normalized spacial score (nSPS) is 25.3. The zero-order chi connectivity index (χ0) is 15.3. The molecule has 0 radical (unpaired) electrons. The van der Waals surface area contributed by atoms with E-state index >= 15 is 0 Å². The van der Waals surface area contributed by atoms with Crippen LogP contribution in [0.2, 0.25) is 0 Å². The first kappa shape index (κ1) is 15.9. The molecular formula is C18H26N2O. The van der Waals surface area contributed by atoms with Gasteiger partial charge in [0, 0.05) is 6.42 Å². The summed E-state index contributed by atoms with van der Waals surface area (Å²) in [5.41, 5.74) is 2.04. The van der Waals surface area contributed by atoms with Gasteiger partial charge in [0.15, 0.2) is 0 Å². The van der Waals surface area contributed by atoms with Gasteiger partial charge in [-0.2, -0.15) is 5.26 Å². The van der Waals surface area contributed by atoms with Crippen LogP contribution in [0.4, 0.5) is 0 Å². The molecular weight excluding hydrogens is 260 g/mol. The summed E-state index contributed by atoms with van der Waals surface area (Å²) < 4.78 is 6.21. The maximum absolute atomic E-state index is 9.58. The van der Waals surface area contributed by atoms with Crippen LogP contribution in [0.1, 0.15) is 50.2 Å². The van der Waals surface area contributed by atoms with E-state index in [2.05, 4.69) is 38.2 Å². The van der Waals surface area contributed by atoms with Crippen molar-refractivity contribution in [2.75, 3.05) is 6.54 Å². The molecule has 1 aromatic carbocycles. The largest absolute Gasteiger partial charge is 0.490 e. The molecule has 0 amide bonds. The van der Waals surface area contributed by atoms with Gasteiger partial charge in [0.2, 0.25) is 0 Å². The van der Waals surface area contributed by atoms with E-state index in [1.165, 1.54) is 11.1 Å². The van der Waals surface area contributed by atoms with Crippen molar-refractivity contribution >= 4 is 0 Å². The van der Waals surface area contributed by atoms with Crippen molar-refractivity contribution in [1.29, 1.82) is 5.26 Å². The molecule has 0 spiro atoms. The van der Waals surface area contributed by atoms with E-state index in [9.17, 15) is 5.26 Å². The van der Waals surface area contributed by atoms with Gasteiger partial charge >= 0.3 is 0 Å². The Labute approximate surface area is 128 Å². The molecule has 0 aliphatic heterocycles. The summed E-state index contributed by atoms with van der Waals surface area (Å²) >= 11 is 0. The maximum Gasteiger partial charge on any atom is 0.122 e. The predicted octanol–water partition coefficient (Wildman–Crippen LogP) is 3.89. The molecule has 3 nitrogen and oxygen atoms in total. The van der Waals surface area contributed by atoms with Gasteiger partial charge in [0.25, 0.3) is 0 Å². The summed E-state index contributed by atoms with van der Waals surface area (Å²) in [5, 5.41) is 13.0. The van der Waals surface area contributed by atoms with Crippen LogP contribution in [0, 0.1) is 25.2 Å². The summed E-state index contributed by atoms with van der Waals surface area (Å²) in [5.74, 6) is 0.962. The average molecular weight is 286 g/mol. The van der Waals surface area contributed by atoms with Gasteiger partial charge in [-0.15, -0.1) is 0 Å². The van der Waals surface area contributed by atoms with E-state index in [0.717, 1.165) is 44.4 Å². The number of hydrogen-bond acceptors (Lipinski definition) is 3. The molecule has 21 heavy (non-hydrogen) atoms. The van der Waals surface area contributed by atoms with E-state index in [1.807, 2.05) is 12.1 Å². The van der Waals surface area contributed by atoms with Crippen LogP contribution < -0.4 is 10.1 Å². The van der Waals surface area contributed by atoms with Crippen LogP contribution in [0.5, 0.6) is 5.75 Å². The summed E-state index contributed by atoms with van der Waals surface area (Å²) in [7, 11) is 0. The lowest BCUT2D eigenvalue weighted by Gasteiger charge is -2.36. The van der Waals surface area contributed by atoms with Gasteiger partial charge in [-0.3, -0.25) is 5.32 Å². The van der Waals surface area contributed by atoms with Crippen LogP contribution in [-0.4, -0.2) is 18.2 Å². The lowest BCUT2D eigenvalue weighted by molar-refractivity contribution is 0.112. The Bertz CT molecular complexity index is 520. The third-order valence-electron chi connectivity index (χ3n) is 4.48. The Balaban J connectivity index is 2.07. The highest BCUT2D eigenvalue weighted by Gasteiger charge is 2.37. The molecule has 2 unspecified atom stereocenters. The van der Waals surface area contributed by atoms with E-state index < -0.39 is 5.54 Å². The summed E-state index contributed by atoms with van der Waals surface area (Å²) in [6.07, 6.45) is 4.95. The highest BCUT2D eigenvalue weighted by atomic mass is 16.5. The number of ether oxygens (including phenoxy) is 1. The Hall–Kier alpha value is -1.53. The number of nitrogens with one attached hydrogen (secondary N) is 1. The highest BCUT2D eigenvalue weighted by Crippen LogP contribution is 2.32. The summed E-state index contributed by atoms with van der Waals surface area (Å²) in [4.78, 5) is 0. The van der Waals surface area contributed by atoms with E-state index in [1.54, 1.807) is 0 Å². The molecule has 0 aromatic heterocycles. The molecule has 1 aromatic rings. The first-order chi connectivity index (χ1) is 10.1. The minimum Gasteiger partial charge on any atom is -0.490 e. The Morgan fingerprint density at radius 1 is 1.43 bits per heavy atom. The molecule has 3 heteroatoms. The van der Waals surface area contributed by atoms with Gasteiger partial charge < -0.3 is 4.74 Å². The standard InChI is InChI=1S/C18H26N2O/c1-4-11-20-18(13-19)10-6-8-16(12-18)21-17-9-5-7-14(2)15(17)3/h5,7,9,16,20H,4,6,8,10-12H2,1-3H3. The lowest BCUT2D eigenvalue weighted by atomic mass is 9.81. The minimum absolute atomic E-state index is 0.128. The van der Waals surface area contributed by atoms with Gasteiger partial charge in [0.1, 0.15) is 17.4 Å². The van der Waals surface area contributed by atoms with Crippen LogP contribution in [0.15, 0.2) is 18.2 Å². The molecule has 0 bridgehead atoms. The summed E-state index contributed by atoms with van der Waals surface area (Å²) in [6.45, 7) is 7.22. The predicted molar refractivity (Wildman–Crippen MR) is 85.4 cm³/mol. The van der Waals surface area contributed by atoms with Crippen molar-refractivity contribution in [1.82, 2.24) is 5.32 Å². The molecule has 2 atom stereocenters. The van der Waals surface area contributed by atoms with Crippen molar-refractivity contribution in [3.63, 3.8) is 0 Å². The van der Waals surface area contributed by atoms with Gasteiger partial charge in [-0.25, -0.2) is 0 Å². The first-order valence-corrected chi connectivity index (χ1v) is 7.99. The SMILES string of the molecule is CCCNC1(C#N)CCCC(Oc2cccc(C)c2C)C1. The maximum atomic E-state index is 9.58. The van der Waals surface area contributed by atoms with Crippen LogP contribution in [-0.2, 0) is 0 Å². The molecule has 1 fully saturated rings. The molecule has 1 saturated carbocycles. The van der Waals surface area contributed by atoms with E-state index in [-0.39, 0.29) is 6.10 Å². The molecule has 0 saturated heterocycles. The third-order valence-corrected chi connectivity index (χ3v) is 4.48. The Morgan fingerprint density at radius 3 is 2.95 bits per heavy atom. The molecule has 1 N–H and O–H groups in total. The topological polar surface area (TPSA) is 45.0 Å². The molecule has 1 aliphatic carbocycles. The highest BCUT2D eigenvalue weighted by molar-refractivity contribution is 5.38. The molecule has 2 rings (SSSR count). The van der Waals surface area contributed by atoms with E-state index in [0.29, 0.717) is 0 Å². The number of rotatable bonds is 5. The number of nitrogens with zero attached hydrogens (tertiary/aromatic N) is 1. The molecule has 0 heterocycles. The Kier molecular flexibility index (Phi) is 5.25. The van der Waals surface area contributed by atoms with Gasteiger partial charge in [-0.05, 0) is 63.3 Å².